The second kappa shape index (κ2) is 11.6. The van der Waals surface area contributed by atoms with Gasteiger partial charge in [-0.15, -0.1) is 0 Å². The first-order chi connectivity index (χ1) is 19.0. The van der Waals surface area contributed by atoms with E-state index in [1.165, 1.54) is 6.33 Å². The van der Waals surface area contributed by atoms with Gasteiger partial charge in [0.2, 0.25) is 5.78 Å². The van der Waals surface area contributed by atoms with Crippen molar-refractivity contribution in [2.75, 3.05) is 6.61 Å². The summed E-state index contributed by atoms with van der Waals surface area (Å²) in [6.45, 7) is 1.78. The summed E-state index contributed by atoms with van der Waals surface area (Å²) >= 11 is 0. The molecule has 1 fully saturated rings. The Hall–Kier alpha value is -4.29. The molecule has 1 N–H and O–H groups in total. The molecule has 5 rings (SSSR count). The molecule has 200 valence electrons. The van der Waals surface area contributed by atoms with Crippen molar-refractivity contribution < 1.29 is 14.6 Å². The fraction of sp³-hybridized carbons (Fsp3) is 0.367. The number of nitrogens with zero attached hydrogens (tertiary/aromatic N) is 5. The Morgan fingerprint density at radius 1 is 1.13 bits per heavy atom. The molecule has 1 saturated carbocycles. The van der Waals surface area contributed by atoms with Crippen molar-refractivity contribution in [3.05, 3.63) is 87.6 Å². The highest BCUT2D eigenvalue weighted by Gasteiger charge is 2.28. The van der Waals surface area contributed by atoms with Gasteiger partial charge in [0.1, 0.15) is 12.9 Å². The van der Waals surface area contributed by atoms with E-state index in [0.29, 0.717) is 55.4 Å². The summed E-state index contributed by atoms with van der Waals surface area (Å²) in [5.41, 5.74) is 5.00. The molecule has 0 bridgehead atoms. The van der Waals surface area contributed by atoms with Crippen molar-refractivity contribution in [3.63, 3.8) is 0 Å². The number of nitriles is 1. The Morgan fingerprint density at radius 3 is 2.56 bits per heavy atom. The third-order valence-corrected chi connectivity index (χ3v) is 7.46. The predicted octanol–water partition coefficient (Wildman–Crippen LogP) is 4.56. The largest absolute Gasteiger partial charge is 0.480 e. The van der Waals surface area contributed by atoms with E-state index < -0.39 is 5.97 Å². The van der Waals surface area contributed by atoms with Crippen LogP contribution in [0.4, 0.5) is 0 Å². The van der Waals surface area contributed by atoms with Gasteiger partial charge in [-0.25, -0.2) is 9.31 Å². The van der Waals surface area contributed by atoms with Crippen molar-refractivity contribution in [3.8, 4) is 17.2 Å². The third kappa shape index (κ3) is 5.47. The van der Waals surface area contributed by atoms with E-state index >= 15 is 0 Å². The summed E-state index contributed by atoms with van der Waals surface area (Å²) in [6, 6.07) is 17.7. The first-order valence-electron chi connectivity index (χ1n) is 13.4. The quantitative estimate of drug-likeness (QED) is 0.340. The van der Waals surface area contributed by atoms with Crippen LogP contribution in [-0.4, -0.2) is 43.0 Å². The van der Waals surface area contributed by atoms with E-state index in [2.05, 4.69) is 23.1 Å². The number of aliphatic carboxylic acids is 1. The predicted molar refractivity (Wildman–Crippen MR) is 146 cm³/mol. The zero-order valence-corrected chi connectivity index (χ0v) is 21.9. The molecule has 2 aromatic carbocycles. The topological polar surface area (TPSA) is 123 Å². The van der Waals surface area contributed by atoms with E-state index in [9.17, 15) is 14.9 Å². The number of hydrogen-bond acceptors (Lipinski definition) is 6. The summed E-state index contributed by atoms with van der Waals surface area (Å²) < 4.78 is 9.10. The van der Waals surface area contributed by atoms with Crippen LogP contribution in [0, 0.1) is 11.3 Å². The maximum Gasteiger partial charge on any atom is 0.329 e. The van der Waals surface area contributed by atoms with Crippen molar-refractivity contribution in [2.45, 2.75) is 64.0 Å². The average Bonchev–Trinajstić information content (AvgIpc) is 3.44. The third-order valence-electron chi connectivity index (χ3n) is 7.46. The maximum absolute atomic E-state index is 14.1. The fourth-order valence-corrected chi connectivity index (χ4v) is 5.58. The van der Waals surface area contributed by atoms with Gasteiger partial charge in [0.25, 0.3) is 5.56 Å². The molecule has 9 nitrogen and oxygen atoms in total. The van der Waals surface area contributed by atoms with Crippen molar-refractivity contribution in [1.29, 1.82) is 5.26 Å². The second-order valence-electron chi connectivity index (χ2n) is 9.99. The van der Waals surface area contributed by atoms with E-state index in [4.69, 9.17) is 9.84 Å². The maximum atomic E-state index is 14.1. The first kappa shape index (κ1) is 26.3. The normalized spacial score (nSPS) is 17.2. The zero-order valence-electron chi connectivity index (χ0n) is 21.9. The number of carboxylic acids is 1. The Labute approximate surface area is 226 Å². The van der Waals surface area contributed by atoms with E-state index in [1.54, 1.807) is 4.57 Å². The molecule has 0 aliphatic heterocycles. The lowest BCUT2D eigenvalue weighted by atomic mass is 9.92. The minimum atomic E-state index is -0.975. The number of fused-ring (bicyclic) bond motifs is 1. The highest BCUT2D eigenvalue weighted by atomic mass is 16.5. The summed E-state index contributed by atoms with van der Waals surface area (Å²) in [6.07, 6.45) is 6.17. The average molecular weight is 526 g/mol. The SMILES string of the molecule is CCCc1c(Cc2ccc(-c3ccccc3C#N)cc2)c(=O)n(C2CCC(OCC(=O)O)CC2)c2ncnn12. The molecule has 0 radical (unpaired) electrons. The number of carboxylic acid groups (broad SMARTS) is 1. The Balaban J connectivity index is 1.47. The van der Waals surface area contributed by atoms with Crippen LogP contribution in [0.2, 0.25) is 0 Å². The summed E-state index contributed by atoms with van der Waals surface area (Å²) in [7, 11) is 0. The number of hydrogen-bond donors (Lipinski definition) is 1. The number of aromatic nitrogens is 4. The van der Waals surface area contributed by atoms with Gasteiger partial charge >= 0.3 is 5.97 Å². The molecule has 2 heterocycles. The summed E-state index contributed by atoms with van der Waals surface area (Å²) in [4.78, 5) is 29.4. The van der Waals surface area contributed by atoms with Gasteiger partial charge in [0, 0.05) is 18.0 Å². The molecule has 2 aromatic heterocycles. The molecule has 9 heteroatoms. The van der Waals surface area contributed by atoms with Gasteiger partial charge in [0.15, 0.2) is 0 Å². The zero-order chi connectivity index (χ0) is 27.4. The Kier molecular flexibility index (Phi) is 7.84. The summed E-state index contributed by atoms with van der Waals surface area (Å²) in [5, 5.41) is 22.9. The van der Waals surface area contributed by atoms with E-state index in [0.717, 1.165) is 28.8 Å². The van der Waals surface area contributed by atoms with Crippen LogP contribution in [0.25, 0.3) is 16.9 Å². The van der Waals surface area contributed by atoms with Crippen molar-refractivity contribution in [2.24, 2.45) is 0 Å². The van der Waals surface area contributed by atoms with Crippen LogP contribution in [0.15, 0.2) is 59.7 Å². The monoisotopic (exact) mass is 525 g/mol. The van der Waals surface area contributed by atoms with E-state index in [-0.39, 0.29) is 24.3 Å². The van der Waals surface area contributed by atoms with Gasteiger partial charge in [-0.05, 0) is 54.9 Å². The number of ether oxygens (including phenoxy) is 1. The molecular weight excluding hydrogens is 494 g/mol. The fourth-order valence-electron chi connectivity index (χ4n) is 5.58. The molecular formula is C30H31N5O4. The number of benzene rings is 2. The molecule has 1 aliphatic rings. The molecule has 0 saturated heterocycles. The Bertz CT molecular complexity index is 1570. The van der Waals surface area contributed by atoms with Crippen LogP contribution in [0.1, 0.15) is 67.5 Å². The molecule has 0 unspecified atom stereocenters. The van der Waals surface area contributed by atoms with Gasteiger partial charge in [-0.2, -0.15) is 15.3 Å². The Morgan fingerprint density at radius 2 is 1.87 bits per heavy atom. The smallest absolute Gasteiger partial charge is 0.329 e. The standard InChI is InChI=1S/C30H31N5O4/c1-2-5-27-26(16-20-8-10-21(11-9-20)25-7-4-3-6-22(25)17-31)29(38)34(30-32-19-33-35(27)30)23-12-14-24(15-13-23)39-18-28(36)37/h3-4,6-11,19,23-24H,2,5,12-16,18H2,1H3,(H,36,37). The molecule has 4 aromatic rings. The van der Waals surface area contributed by atoms with Crippen LogP contribution in [-0.2, 0) is 22.4 Å². The van der Waals surface area contributed by atoms with Gasteiger partial charge < -0.3 is 9.84 Å². The lowest BCUT2D eigenvalue weighted by Crippen LogP contribution is -2.35. The van der Waals surface area contributed by atoms with Gasteiger partial charge in [0.05, 0.1) is 23.4 Å². The molecule has 39 heavy (non-hydrogen) atoms. The lowest BCUT2D eigenvalue weighted by molar-refractivity contribution is -0.145. The van der Waals surface area contributed by atoms with Crippen molar-refractivity contribution >= 4 is 11.7 Å². The molecule has 0 atom stereocenters. The van der Waals surface area contributed by atoms with Gasteiger partial charge in [-0.1, -0.05) is 55.8 Å². The van der Waals surface area contributed by atoms with E-state index in [1.807, 2.05) is 53.0 Å². The highest BCUT2D eigenvalue weighted by Crippen LogP contribution is 2.31. The second-order valence-corrected chi connectivity index (χ2v) is 9.99. The van der Waals surface area contributed by atoms with Crippen LogP contribution in [0.3, 0.4) is 0 Å². The van der Waals surface area contributed by atoms with Crippen LogP contribution >= 0.6 is 0 Å². The molecule has 0 spiro atoms. The lowest BCUT2D eigenvalue weighted by Gasteiger charge is -2.30. The van der Waals surface area contributed by atoms with Crippen LogP contribution in [0.5, 0.6) is 0 Å². The minimum Gasteiger partial charge on any atom is -0.480 e. The summed E-state index contributed by atoms with van der Waals surface area (Å²) in [5.74, 6) is -0.428. The number of aryl methyl sites for hydroxylation is 1. The van der Waals surface area contributed by atoms with Crippen LogP contribution < -0.4 is 5.56 Å². The van der Waals surface area contributed by atoms with Gasteiger partial charge in [-0.3, -0.25) is 9.36 Å². The first-order valence-corrected chi connectivity index (χ1v) is 13.4. The number of rotatable bonds is 9. The molecule has 0 amide bonds. The highest BCUT2D eigenvalue weighted by molar-refractivity contribution is 5.70. The molecule has 1 aliphatic carbocycles. The minimum absolute atomic E-state index is 0.0484. The van der Waals surface area contributed by atoms with Crippen molar-refractivity contribution in [1.82, 2.24) is 19.2 Å². The number of carbonyl (C=O) groups is 1.